The first kappa shape index (κ1) is 16.2. The first-order chi connectivity index (χ1) is 11.1. The maximum Gasteiger partial charge on any atom is 0.252 e. The fourth-order valence-corrected chi connectivity index (χ4v) is 3.99. The second-order valence-corrected chi connectivity index (χ2v) is 7.50. The summed E-state index contributed by atoms with van der Waals surface area (Å²) in [7, 11) is 1.66. The third kappa shape index (κ3) is 3.82. The van der Waals surface area contributed by atoms with Gasteiger partial charge in [-0.3, -0.25) is 4.79 Å². The van der Waals surface area contributed by atoms with Crippen molar-refractivity contribution in [3.05, 3.63) is 57.8 Å². The lowest BCUT2D eigenvalue weighted by atomic mass is 9.87. The molecule has 1 N–H and O–H groups in total. The van der Waals surface area contributed by atoms with E-state index in [1.807, 2.05) is 17.5 Å². The van der Waals surface area contributed by atoms with Crippen LogP contribution in [0.1, 0.15) is 40.6 Å². The molecule has 1 saturated carbocycles. The third-order valence-electron chi connectivity index (χ3n) is 4.56. The summed E-state index contributed by atoms with van der Waals surface area (Å²) in [5, 5.41) is 5.27. The summed E-state index contributed by atoms with van der Waals surface area (Å²) in [5.74, 6) is 0.583. The number of rotatable bonds is 7. The number of benzene rings is 1. The van der Waals surface area contributed by atoms with E-state index in [9.17, 15) is 4.79 Å². The normalized spacial score (nSPS) is 16.8. The minimum Gasteiger partial charge on any atom is -0.379 e. The SMILES string of the molecule is COCc1sccc1C(=O)N[C@@](C)(Cc1ccccc1)C1CC1. The van der Waals surface area contributed by atoms with E-state index in [4.69, 9.17) is 4.74 Å². The Morgan fingerprint density at radius 3 is 2.70 bits per heavy atom. The van der Waals surface area contributed by atoms with Gasteiger partial charge in [0.1, 0.15) is 0 Å². The zero-order valence-corrected chi connectivity index (χ0v) is 14.5. The predicted octanol–water partition coefficient (Wildman–Crippen LogP) is 4.04. The highest BCUT2D eigenvalue weighted by molar-refractivity contribution is 7.10. The smallest absolute Gasteiger partial charge is 0.252 e. The molecule has 2 aromatic rings. The molecule has 1 aliphatic rings. The topological polar surface area (TPSA) is 38.3 Å². The molecule has 1 atom stereocenters. The van der Waals surface area contributed by atoms with Crippen LogP contribution in [0.15, 0.2) is 41.8 Å². The van der Waals surface area contributed by atoms with E-state index >= 15 is 0 Å². The molecule has 0 saturated heterocycles. The number of nitrogens with one attached hydrogen (secondary N) is 1. The fraction of sp³-hybridized carbons (Fsp3) is 0.421. The average Bonchev–Trinajstić information content (AvgIpc) is 3.29. The van der Waals surface area contributed by atoms with Gasteiger partial charge in [-0.2, -0.15) is 0 Å². The van der Waals surface area contributed by atoms with Crippen molar-refractivity contribution in [1.29, 1.82) is 0 Å². The van der Waals surface area contributed by atoms with Crippen molar-refractivity contribution < 1.29 is 9.53 Å². The Balaban J connectivity index is 1.76. The maximum atomic E-state index is 12.8. The Hall–Kier alpha value is -1.65. The molecule has 0 spiro atoms. The number of methoxy groups -OCH3 is 1. The van der Waals surface area contributed by atoms with E-state index in [0.29, 0.717) is 12.5 Å². The van der Waals surface area contributed by atoms with Gasteiger partial charge in [0, 0.05) is 17.5 Å². The van der Waals surface area contributed by atoms with Crippen LogP contribution < -0.4 is 5.32 Å². The van der Waals surface area contributed by atoms with Crippen molar-refractivity contribution >= 4 is 17.2 Å². The van der Waals surface area contributed by atoms with E-state index in [-0.39, 0.29) is 11.4 Å². The summed E-state index contributed by atoms with van der Waals surface area (Å²) in [6.45, 7) is 2.66. The third-order valence-corrected chi connectivity index (χ3v) is 5.45. The highest BCUT2D eigenvalue weighted by atomic mass is 32.1. The molecule has 0 radical (unpaired) electrons. The lowest BCUT2D eigenvalue weighted by Crippen LogP contribution is -2.49. The number of hydrogen-bond acceptors (Lipinski definition) is 3. The number of hydrogen-bond donors (Lipinski definition) is 1. The van der Waals surface area contributed by atoms with Gasteiger partial charge < -0.3 is 10.1 Å². The zero-order chi connectivity index (χ0) is 16.3. The lowest BCUT2D eigenvalue weighted by Gasteiger charge is -2.31. The number of amides is 1. The van der Waals surface area contributed by atoms with Crippen molar-refractivity contribution in [2.24, 2.45) is 5.92 Å². The van der Waals surface area contributed by atoms with Gasteiger partial charge in [-0.25, -0.2) is 0 Å². The summed E-state index contributed by atoms with van der Waals surface area (Å²) in [6, 6.07) is 12.3. The lowest BCUT2D eigenvalue weighted by molar-refractivity contribution is 0.0890. The zero-order valence-electron chi connectivity index (χ0n) is 13.7. The number of carbonyl (C=O) groups excluding carboxylic acids is 1. The molecule has 1 aromatic heterocycles. The van der Waals surface area contributed by atoms with Crippen molar-refractivity contribution in [2.75, 3.05) is 7.11 Å². The molecule has 3 nitrogen and oxygen atoms in total. The Bertz CT molecular complexity index is 663. The first-order valence-electron chi connectivity index (χ1n) is 8.04. The van der Waals surface area contributed by atoms with Gasteiger partial charge in [-0.15, -0.1) is 11.3 Å². The molecule has 1 amide bonds. The summed E-state index contributed by atoms with van der Waals surface area (Å²) < 4.78 is 5.19. The van der Waals surface area contributed by atoms with E-state index < -0.39 is 0 Å². The van der Waals surface area contributed by atoms with Gasteiger partial charge in [-0.1, -0.05) is 30.3 Å². The summed E-state index contributed by atoms with van der Waals surface area (Å²) in [4.78, 5) is 13.8. The predicted molar refractivity (Wildman–Crippen MR) is 93.8 cm³/mol. The van der Waals surface area contributed by atoms with Crippen LogP contribution in [-0.4, -0.2) is 18.6 Å². The van der Waals surface area contributed by atoms with E-state index in [1.165, 1.54) is 18.4 Å². The van der Waals surface area contributed by atoms with Gasteiger partial charge in [-0.05, 0) is 49.1 Å². The van der Waals surface area contributed by atoms with Crippen LogP contribution in [0.25, 0.3) is 0 Å². The molecule has 1 heterocycles. The van der Waals surface area contributed by atoms with Crippen LogP contribution in [0.4, 0.5) is 0 Å². The number of carbonyl (C=O) groups is 1. The number of ether oxygens (including phenoxy) is 1. The molecule has 3 rings (SSSR count). The molecule has 0 aliphatic heterocycles. The Labute approximate surface area is 141 Å². The molecule has 1 fully saturated rings. The molecule has 23 heavy (non-hydrogen) atoms. The van der Waals surface area contributed by atoms with E-state index in [0.717, 1.165) is 16.9 Å². The van der Waals surface area contributed by atoms with Crippen LogP contribution >= 0.6 is 11.3 Å². The van der Waals surface area contributed by atoms with Crippen LogP contribution in [0.2, 0.25) is 0 Å². The minimum absolute atomic E-state index is 0.0173. The average molecular weight is 329 g/mol. The number of thiophene rings is 1. The molecule has 1 aromatic carbocycles. The monoisotopic (exact) mass is 329 g/mol. The van der Waals surface area contributed by atoms with Gasteiger partial charge in [0.05, 0.1) is 12.2 Å². The van der Waals surface area contributed by atoms with Crippen molar-refractivity contribution in [3.8, 4) is 0 Å². The Kier molecular flexibility index (Phi) is 4.83. The van der Waals surface area contributed by atoms with Crippen LogP contribution in [0, 0.1) is 5.92 Å². The Morgan fingerprint density at radius 2 is 2.04 bits per heavy atom. The highest BCUT2D eigenvalue weighted by Gasteiger charge is 2.42. The molecular formula is C19H23NO2S. The maximum absolute atomic E-state index is 12.8. The molecule has 122 valence electrons. The van der Waals surface area contributed by atoms with Crippen molar-refractivity contribution in [1.82, 2.24) is 5.32 Å². The quantitative estimate of drug-likeness (QED) is 0.833. The molecule has 0 bridgehead atoms. The van der Waals surface area contributed by atoms with E-state index in [1.54, 1.807) is 18.4 Å². The second-order valence-electron chi connectivity index (χ2n) is 6.50. The van der Waals surface area contributed by atoms with Gasteiger partial charge in [0.15, 0.2) is 0 Å². The van der Waals surface area contributed by atoms with Crippen LogP contribution in [-0.2, 0) is 17.8 Å². The van der Waals surface area contributed by atoms with Crippen molar-refractivity contribution in [3.63, 3.8) is 0 Å². The molecule has 1 aliphatic carbocycles. The first-order valence-corrected chi connectivity index (χ1v) is 8.92. The summed E-state index contributed by atoms with van der Waals surface area (Å²) in [6.07, 6.45) is 3.25. The summed E-state index contributed by atoms with van der Waals surface area (Å²) >= 11 is 1.57. The second kappa shape index (κ2) is 6.85. The molecule has 0 unspecified atom stereocenters. The summed E-state index contributed by atoms with van der Waals surface area (Å²) in [5.41, 5.74) is 1.83. The standard InChI is InChI=1S/C19H23NO2S/c1-19(15-8-9-15,12-14-6-4-3-5-7-14)20-18(21)16-10-11-23-17(16)13-22-2/h3-7,10-11,15H,8-9,12-13H2,1-2H3,(H,20,21)/t19-/m0/s1. The van der Waals surface area contributed by atoms with Gasteiger partial charge >= 0.3 is 0 Å². The molecular weight excluding hydrogens is 306 g/mol. The van der Waals surface area contributed by atoms with Crippen LogP contribution in [0.3, 0.4) is 0 Å². The largest absolute Gasteiger partial charge is 0.379 e. The van der Waals surface area contributed by atoms with Gasteiger partial charge in [0.25, 0.3) is 5.91 Å². The fourth-order valence-electron chi connectivity index (χ4n) is 3.14. The minimum atomic E-state index is -0.190. The van der Waals surface area contributed by atoms with Crippen LogP contribution in [0.5, 0.6) is 0 Å². The highest BCUT2D eigenvalue weighted by Crippen LogP contribution is 2.41. The van der Waals surface area contributed by atoms with Crippen molar-refractivity contribution in [2.45, 2.75) is 38.3 Å². The molecule has 4 heteroatoms. The van der Waals surface area contributed by atoms with E-state index in [2.05, 4.69) is 36.5 Å². The van der Waals surface area contributed by atoms with Gasteiger partial charge in [0.2, 0.25) is 0 Å². The Morgan fingerprint density at radius 1 is 1.30 bits per heavy atom.